The predicted molar refractivity (Wildman–Crippen MR) is 79.3 cm³/mol. The highest BCUT2D eigenvalue weighted by atomic mass is 15.4. The number of aryl methyl sites for hydroxylation is 1. The van der Waals surface area contributed by atoms with Gasteiger partial charge in [0.25, 0.3) is 0 Å². The minimum absolute atomic E-state index is 0.357. The van der Waals surface area contributed by atoms with Crippen LogP contribution >= 0.6 is 0 Å². The highest BCUT2D eigenvalue weighted by molar-refractivity contribution is 5.02. The molecule has 2 fully saturated rings. The lowest BCUT2D eigenvalue weighted by atomic mass is 9.78. The summed E-state index contributed by atoms with van der Waals surface area (Å²) in [5, 5.41) is 7.99. The van der Waals surface area contributed by atoms with Crippen LogP contribution in [0.4, 0.5) is 0 Å². The Kier molecular flexibility index (Phi) is 4.08. The van der Waals surface area contributed by atoms with Gasteiger partial charge in [-0.1, -0.05) is 26.2 Å². The molecule has 1 aliphatic heterocycles. The van der Waals surface area contributed by atoms with Gasteiger partial charge in [0.15, 0.2) is 0 Å². The van der Waals surface area contributed by atoms with Gasteiger partial charge >= 0.3 is 0 Å². The smallest absolute Gasteiger partial charge is 0.140 e. The quantitative estimate of drug-likeness (QED) is 0.913. The molecule has 5 nitrogen and oxygen atoms in total. The molecular weight excluding hydrogens is 250 g/mol. The maximum atomic E-state index is 4.43. The first-order valence-electron chi connectivity index (χ1n) is 8.05. The largest absolute Gasteiger partial charge is 0.311 e. The molecule has 1 spiro atoms. The number of rotatable bonds is 3. The summed E-state index contributed by atoms with van der Waals surface area (Å²) in [5.41, 5.74) is 0.357. The number of hydrogen-bond acceptors (Lipinski definition) is 4. The summed E-state index contributed by atoms with van der Waals surface area (Å²) < 4.78 is 1.92. The number of nitrogens with one attached hydrogen (secondary N) is 1. The maximum absolute atomic E-state index is 4.43. The average Bonchev–Trinajstić information content (AvgIpc) is 2.88. The summed E-state index contributed by atoms with van der Waals surface area (Å²) in [4.78, 5) is 7.12. The van der Waals surface area contributed by atoms with E-state index in [4.69, 9.17) is 0 Å². The predicted octanol–water partition coefficient (Wildman–Crippen LogP) is 1.70. The second-order valence-electron chi connectivity index (χ2n) is 6.45. The molecule has 2 aliphatic rings. The molecule has 3 rings (SSSR count). The van der Waals surface area contributed by atoms with Crippen LogP contribution in [0.15, 0.2) is 6.33 Å². The third-order valence-corrected chi connectivity index (χ3v) is 5.25. The molecule has 112 valence electrons. The van der Waals surface area contributed by atoms with Crippen molar-refractivity contribution in [3.8, 4) is 0 Å². The van der Waals surface area contributed by atoms with Gasteiger partial charge in [0.05, 0.1) is 6.54 Å². The van der Waals surface area contributed by atoms with Crippen molar-refractivity contribution in [1.82, 2.24) is 25.0 Å². The third kappa shape index (κ3) is 2.61. The first-order valence-corrected chi connectivity index (χ1v) is 8.05. The number of piperazine rings is 1. The molecule has 1 atom stereocenters. The third-order valence-electron chi connectivity index (χ3n) is 5.25. The SMILES string of the molecule is CCC1CN(Cc2ncnn2C)C2(CCCCC2)CN1. The second kappa shape index (κ2) is 5.82. The Morgan fingerprint density at radius 1 is 1.35 bits per heavy atom. The van der Waals surface area contributed by atoms with E-state index in [1.807, 2.05) is 11.7 Å². The van der Waals surface area contributed by atoms with Gasteiger partial charge in [-0.05, 0) is 19.3 Å². The minimum atomic E-state index is 0.357. The lowest BCUT2D eigenvalue weighted by Crippen LogP contribution is -2.64. The van der Waals surface area contributed by atoms with E-state index in [1.165, 1.54) is 38.5 Å². The van der Waals surface area contributed by atoms with Crippen molar-refractivity contribution >= 4 is 0 Å². The van der Waals surface area contributed by atoms with Gasteiger partial charge < -0.3 is 5.32 Å². The lowest BCUT2D eigenvalue weighted by Gasteiger charge is -2.52. The Bertz CT molecular complexity index is 435. The van der Waals surface area contributed by atoms with Gasteiger partial charge in [-0.25, -0.2) is 4.98 Å². The van der Waals surface area contributed by atoms with Crippen LogP contribution < -0.4 is 5.32 Å². The molecular formula is C15H27N5. The standard InChI is InChI=1S/C15H27N5/c1-3-13-9-20(10-14-17-12-18-19(14)2)15(11-16-13)7-5-4-6-8-15/h12-13,16H,3-11H2,1-2H3. The maximum Gasteiger partial charge on any atom is 0.140 e. The topological polar surface area (TPSA) is 46.0 Å². The van der Waals surface area contributed by atoms with Crippen molar-refractivity contribution in [3.05, 3.63) is 12.2 Å². The Morgan fingerprint density at radius 3 is 2.80 bits per heavy atom. The first kappa shape index (κ1) is 14.0. The molecule has 1 saturated heterocycles. The van der Waals surface area contributed by atoms with Crippen molar-refractivity contribution in [3.63, 3.8) is 0 Å². The Hall–Kier alpha value is -0.940. The summed E-state index contributed by atoms with van der Waals surface area (Å²) in [6, 6.07) is 0.621. The Balaban J connectivity index is 1.79. The molecule has 1 N–H and O–H groups in total. The van der Waals surface area contributed by atoms with Crippen LogP contribution in [-0.2, 0) is 13.6 Å². The minimum Gasteiger partial charge on any atom is -0.311 e. The molecule has 20 heavy (non-hydrogen) atoms. The number of hydrogen-bond donors (Lipinski definition) is 1. The van der Waals surface area contributed by atoms with Crippen LogP contribution in [0.1, 0.15) is 51.3 Å². The molecule has 0 aromatic carbocycles. The molecule has 1 saturated carbocycles. The van der Waals surface area contributed by atoms with E-state index in [1.54, 1.807) is 6.33 Å². The summed E-state index contributed by atoms with van der Waals surface area (Å²) in [6.07, 6.45) is 9.66. The van der Waals surface area contributed by atoms with Gasteiger partial charge in [0.1, 0.15) is 12.2 Å². The molecule has 5 heteroatoms. The molecule has 2 heterocycles. The fourth-order valence-corrected chi connectivity index (χ4v) is 3.81. The van der Waals surface area contributed by atoms with Crippen LogP contribution in [0.5, 0.6) is 0 Å². The van der Waals surface area contributed by atoms with Gasteiger partial charge in [-0.2, -0.15) is 5.10 Å². The van der Waals surface area contributed by atoms with Gasteiger partial charge in [-0.15, -0.1) is 0 Å². The van der Waals surface area contributed by atoms with Crippen molar-refractivity contribution in [2.45, 2.75) is 63.6 Å². The van der Waals surface area contributed by atoms with E-state index in [0.717, 1.165) is 25.5 Å². The van der Waals surface area contributed by atoms with Crippen LogP contribution in [0.3, 0.4) is 0 Å². The molecule has 0 amide bonds. The van der Waals surface area contributed by atoms with Crippen molar-refractivity contribution < 1.29 is 0 Å². The van der Waals surface area contributed by atoms with E-state index >= 15 is 0 Å². The molecule has 1 aromatic heterocycles. The van der Waals surface area contributed by atoms with Crippen molar-refractivity contribution in [1.29, 1.82) is 0 Å². The van der Waals surface area contributed by atoms with Crippen LogP contribution in [-0.4, -0.2) is 44.3 Å². The van der Waals surface area contributed by atoms with Crippen LogP contribution in [0.2, 0.25) is 0 Å². The number of nitrogens with zero attached hydrogens (tertiary/aromatic N) is 4. The fourth-order valence-electron chi connectivity index (χ4n) is 3.81. The summed E-state index contributed by atoms with van der Waals surface area (Å²) in [7, 11) is 2.00. The van der Waals surface area contributed by atoms with E-state index in [-0.39, 0.29) is 0 Å². The highest BCUT2D eigenvalue weighted by Gasteiger charge is 2.42. The van der Waals surface area contributed by atoms with Crippen LogP contribution in [0, 0.1) is 0 Å². The summed E-state index contributed by atoms with van der Waals surface area (Å²) in [6.45, 7) is 5.50. The zero-order chi connectivity index (χ0) is 14.0. The van der Waals surface area contributed by atoms with E-state index in [9.17, 15) is 0 Å². The van der Waals surface area contributed by atoms with E-state index in [0.29, 0.717) is 11.6 Å². The number of aromatic nitrogens is 3. The van der Waals surface area contributed by atoms with Gasteiger partial charge in [0, 0.05) is 31.7 Å². The molecule has 1 aromatic rings. The molecule has 1 aliphatic carbocycles. The zero-order valence-electron chi connectivity index (χ0n) is 12.8. The summed E-state index contributed by atoms with van der Waals surface area (Å²) >= 11 is 0. The monoisotopic (exact) mass is 277 g/mol. The highest BCUT2D eigenvalue weighted by Crippen LogP contribution is 2.36. The Labute approximate surface area is 121 Å². The molecule has 0 radical (unpaired) electrons. The zero-order valence-corrected chi connectivity index (χ0v) is 12.8. The molecule has 0 bridgehead atoms. The Morgan fingerprint density at radius 2 is 2.15 bits per heavy atom. The lowest BCUT2D eigenvalue weighted by molar-refractivity contribution is 0.000243. The van der Waals surface area contributed by atoms with Crippen molar-refractivity contribution in [2.24, 2.45) is 7.05 Å². The molecule has 1 unspecified atom stereocenters. The van der Waals surface area contributed by atoms with E-state index in [2.05, 4.69) is 27.2 Å². The summed E-state index contributed by atoms with van der Waals surface area (Å²) in [5.74, 6) is 1.09. The van der Waals surface area contributed by atoms with E-state index < -0.39 is 0 Å². The normalized spacial score (nSPS) is 27.0. The average molecular weight is 277 g/mol. The van der Waals surface area contributed by atoms with Gasteiger partial charge in [0.2, 0.25) is 0 Å². The second-order valence-corrected chi connectivity index (χ2v) is 6.45. The fraction of sp³-hybridized carbons (Fsp3) is 0.867. The van der Waals surface area contributed by atoms with Crippen LogP contribution in [0.25, 0.3) is 0 Å². The van der Waals surface area contributed by atoms with Gasteiger partial charge in [-0.3, -0.25) is 9.58 Å². The van der Waals surface area contributed by atoms with Crippen molar-refractivity contribution in [2.75, 3.05) is 13.1 Å². The first-order chi connectivity index (χ1) is 9.73.